The second-order valence-corrected chi connectivity index (χ2v) is 3.74. The Morgan fingerprint density at radius 2 is 1.93 bits per heavy atom. The van der Waals surface area contributed by atoms with E-state index in [9.17, 15) is 8.78 Å². The van der Waals surface area contributed by atoms with E-state index in [1.807, 2.05) is 0 Å². The van der Waals surface area contributed by atoms with E-state index in [2.05, 4.69) is 4.98 Å². The Labute approximate surface area is 94.6 Å². The molecule has 0 aliphatic rings. The summed E-state index contributed by atoms with van der Waals surface area (Å²) in [5.74, 6) is 0. The van der Waals surface area contributed by atoms with Gasteiger partial charge in [-0.25, -0.2) is 13.8 Å². The number of hydrogen-bond donors (Lipinski definition) is 0. The van der Waals surface area contributed by atoms with Gasteiger partial charge in [0.05, 0.1) is 11.1 Å². The molecule has 5 heteroatoms. The Kier molecular flexibility index (Phi) is 2.76. The normalized spacial score (nSPS) is 11.3. The third-order valence-electron chi connectivity index (χ3n) is 2.02. The first-order chi connectivity index (χ1) is 7.09. The van der Waals surface area contributed by atoms with E-state index in [1.54, 1.807) is 18.2 Å². The first-order valence-electron chi connectivity index (χ1n) is 4.12. The lowest BCUT2D eigenvalue weighted by Crippen LogP contribution is -1.90. The summed E-state index contributed by atoms with van der Waals surface area (Å²) >= 11 is 11.5. The van der Waals surface area contributed by atoms with Crippen molar-refractivity contribution in [3.8, 4) is 0 Å². The third kappa shape index (κ3) is 1.90. The van der Waals surface area contributed by atoms with Gasteiger partial charge in [-0.1, -0.05) is 29.3 Å². The van der Waals surface area contributed by atoms with Crippen LogP contribution in [-0.4, -0.2) is 4.98 Å². The third-order valence-corrected chi connectivity index (χ3v) is 2.65. The molecule has 0 saturated heterocycles. The van der Waals surface area contributed by atoms with Crippen molar-refractivity contribution < 1.29 is 8.78 Å². The van der Waals surface area contributed by atoms with Crippen LogP contribution in [0.3, 0.4) is 0 Å². The standard InChI is InChI=1S/C10H5Cl2F2N/c11-7-2-1-3-8-5(7)4-6(10(13)14)9(12)15-8/h1-4,10H. The Balaban J connectivity index is 2.78. The first-order valence-corrected chi connectivity index (χ1v) is 4.88. The molecule has 0 radical (unpaired) electrons. The zero-order valence-electron chi connectivity index (χ0n) is 7.35. The molecule has 15 heavy (non-hydrogen) atoms. The van der Waals surface area contributed by atoms with E-state index < -0.39 is 6.43 Å². The van der Waals surface area contributed by atoms with Crippen LogP contribution in [-0.2, 0) is 0 Å². The molecule has 0 unspecified atom stereocenters. The highest BCUT2D eigenvalue weighted by molar-refractivity contribution is 6.36. The van der Waals surface area contributed by atoms with Gasteiger partial charge in [0.15, 0.2) is 0 Å². The summed E-state index contributed by atoms with van der Waals surface area (Å²) in [7, 11) is 0. The minimum absolute atomic E-state index is 0.181. The minimum atomic E-state index is -2.65. The van der Waals surface area contributed by atoms with Crippen LogP contribution in [0.5, 0.6) is 0 Å². The summed E-state index contributed by atoms with van der Waals surface area (Å²) in [6.45, 7) is 0. The van der Waals surface area contributed by atoms with E-state index in [0.29, 0.717) is 15.9 Å². The van der Waals surface area contributed by atoms with Gasteiger partial charge in [0.1, 0.15) is 5.15 Å². The van der Waals surface area contributed by atoms with Crippen LogP contribution in [0.15, 0.2) is 24.3 Å². The lowest BCUT2D eigenvalue weighted by atomic mass is 10.1. The number of fused-ring (bicyclic) bond motifs is 1. The number of alkyl halides is 2. The molecule has 2 aromatic rings. The van der Waals surface area contributed by atoms with Crippen LogP contribution >= 0.6 is 23.2 Å². The summed E-state index contributed by atoms with van der Waals surface area (Å²) in [5, 5.41) is 0.692. The fourth-order valence-electron chi connectivity index (χ4n) is 1.30. The SMILES string of the molecule is FC(F)c1cc2c(Cl)cccc2nc1Cl. The lowest BCUT2D eigenvalue weighted by molar-refractivity contribution is 0.151. The Hall–Kier alpha value is -0.930. The predicted molar refractivity (Wildman–Crippen MR) is 56.7 cm³/mol. The molecule has 1 nitrogen and oxygen atoms in total. The van der Waals surface area contributed by atoms with Crippen LogP contribution in [0.1, 0.15) is 12.0 Å². The monoisotopic (exact) mass is 247 g/mol. The summed E-state index contributed by atoms with van der Waals surface area (Å²) in [6, 6.07) is 6.25. The van der Waals surface area contributed by atoms with Crippen molar-refractivity contribution in [2.24, 2.45) is 0 Å². The Bertz CT molecular complexity index is 514. The molecule has 0 aliphatic carbocycles. The van der Waals surface area contributed by atoms with E-state index in [1.165, 1.54) is 6.07 Å². The van der Waals surface area contributed by atoms with Gasteiger partial charge in [-0.3, -0.25) is 0 Å². The molecule has 0 fully saturated rings. The number of benzene rings is 1. The zero-order valence-corrected chi connectivity index (χ0v) is 8.86. The van der Waals surface area contributed by atoms with Gasteiger partial charge in [-0.05, 0) is 18.2 Å². The van der Waals surface area contributed by atoms with E-state index in [4.69, 9.17) is 23.2 Å². The molecule has 0 aliphatic heterocycles. The van der Waals surface area contributed by atoms with Crippen molar-refractivity contribution in [1.82, 2.24) is 4.98 Å². The smallest absolute Gasteiger partial charge is 0.236 e. The summed E-state index contributed by atoms with van der Waals surface area (Å²) in [5.41, 5.74) is 0.217. The van der Waals surface area contributed by atoms with Crippen LogP contribution < -0.4 is 0 Å². The molecule has 1 aromatic heterocycles. The highest BCUT2D eigenvalue weighted by Crippen LogP contribution is 2.31. The molecule has 2 rings (SSSR count). The maximum absolute atomic E-state index is 12.5. The quantitative estimate of drug-likeness (QED) is 0.678. The number of hydrogen-bond acceptors (Lipinski definition) is 1. The second kappa shape index (κ2) is 3.91. The second-order valence-electron chi connectivity index (χ2n) is 2.98. The summed E-state index contributed by atoms with van der Waals surface area (Å²) in [6.07, 6.45) is -2.65. The van der Waals surface area contributed by atoms with Gasteiger partial charge in [-0.15, -0.1) is 0 Å². The van der Waals surface area contributed by atoms with Gasteiger partial charge in [0.25, 0.3) is 6.43 Å². The van der Waals surface area contributed by atoms with Gasteiger partial charge >= 0.3 is 0 Å². The van der Waals surface area contributed by atoms with E-state index in [-0.39, 0.29) is 10.7 Å². The lowest BCUT2D eigenvalue weighted by Gasteiger charge is -2.05. The van der Waals surface area contributed by atoms with Crippen molar-refractivity contribution in [3.05, 3.63) is 40.0 Å². The Morgan fingerprint density at radius 1 is 1.20 bits per heavy atom. The molecule has 0 saturated carbocycles. The molecular weight excluding hydrogens is 243 g/mol. The average molecular weight is 248 g/mol. The van der Waals surface area contributed by atoms with E-state index >= 15 is 0 Å². The maximum atomic E-state index is 12.5. The molecule has 1 heterocycles. The minimum Gasteiger partial charge on any atom is -0.236 e. The summed E-state index contributed by atoms with van der Waals surface area (Å²) in [4.78, 5) is 3.86. The van der Waals surface area contributed by atoms with Gasteiger partial charge in [0, 0.05) is 10.4 Å². The maximum Gasteiger partial charge on any atom is 0.266 e. The van der Waals surface area contributed by atoms with Crippen LogP contribution in [0.25, 0.3) is 10.9 Å². The van der Waals surface area contributed by atoms with Crippen LogP contribution in [0.4, 0.5) is 8.78 Å². The van der Waals surface area contributed by atoms with Gasteiger partial charge in [0.2, 0.25) is 0 Å². The number of halogens is 4. The van der Waals surface area contributed by atoms with E-state index in [0.717, 1.165) is 0 Å². The molecule has 78 valence electrons. The molecule has 0 spiro atoms. The number of pyridine rings is 1. The highest BCUT2D eigenvalue weighted by atomic mass is 35.5. The largest absolute Gasteiger partial charge is 0.266 e. The zero-order chi connectivity index (χ0) is 11.0. The van der Waals surface area contributed by atoms with Crippen molar-refractivity contribution in [1.29, 1.82) is 0 Å². The topological polar surface area (TPSA) is 12.9 Å². The van der Waals surface area contributed by atoms with Crippen molar-refractivity contribution in [2.75, 3.05) is 0 Å². The van der Waals surface area contributed by atoms with Gasteiger partial charge < -0.3 is 0 Å². The van der Waals surface area contributed by atoms with Crippen molar-refractivity contribution >= 4 is 34.1 Å². The van der Waals surface area contributed by atoms with Gasteiger partial charge in [-0.2, -0.15) is 0 Å². The van der Waals surface area contributed by atoms with Crippen LogP contribution in [0, 0.1) is 0 Å². The molecule has 0 bridgehead atoms. The summed E-state index contributed by atoms with van der Waals surface area (Å²) < 4.78 is 25.0. The predicted octanol–water partition coefficient (Wildman–Crippen LogP) is 4.48. The van der Waals surface area contributed by atoms with Crippen molar-refractivity contribution in [3.63, 3.8) is 0 Å². The number of rotatable bonds is 1. The van der Waals surface area contributed by atoms with Crippen LogP contribution in [0.2, 0.25) is 10.2 Å². The fourth-order valence-corrected chi connectivity index (χ4v) is 1.76. The molecule has 0 amide bonds. The Morgan fingerprint density at radius 3 is 2.60 bits per heavy atom. The number of nitrogens with zero attached hydrogens (tertiary/aromatic N) is 1. The molecule has 0 N–H and O–H groups in total. The molecular formula is C10H5Cl2F2N. The first kappa shape index (κ1) is 10.6. The molecule has 0 atom stereocenters. The number of aromatic nitrogens is 1. The average Bonchev–Trinajstić information content (AvgIpc) is 2.16. The van der Waals surface area contributed by atoms with Crippen molar-refractivity contribution in [2.45, 2.75) is 6.43 Å². The highest BCUT2D eigenvalue weighted by Gasteiger charge is 2.15. The fraction of sp³-hybridized carbons (Fsp3) is 0.100. The molecule has 1 aromatic carbocycles.